The van der Waals surface area contributed by atoms with Crippen molar-refractivity contribution in [2.75, 3.05) is 14.2 Å². The molecule has 1 aromatic heterocycles. The molecule has 3 aromatic carbocycles. The Bertz CT molecular complexity index is 1250. The zero-order valence-electron chi connectivity index (χ0n) is 17.8. The number of carbonyl (C=O) groups is 2. The molecule has 0 aliphatic rings. The fourth-order valence-corrected chi connectivity index (χ4v) is 3.52. The zero-order valence-corrected chi connectivity index (χ0v) is 17.8. The quantitative estimate of drug-likeness (QED) is 0.437. The van der Waals surface area contributed by atoms with Gasteiger partial charge in [0.15, 0.2) is 0 Å². The molecule has 0 spiro atoms. The van der Waals surface area contributed by atoms with Crippen LogP contribution in [0.3, 0.4) is 0 Å². The second-order valence-electron chi connectivity index (χ2n) is 7.33. The van der Waals surface area contributed by atoms with Crippen molar-refractivity contribution >= 4 is 22.6 Å². The normalized spacial score (nSPS) is 11.7. The molecule has 7 nitrogen and oxygen atoms in total. The zero-order chi connectivity index (χ0) is 22.5. The first-order valence-corrected chi connectivity index (χ1v) is 10.1. The number of hydrogen-bond acceptors (Lipinski definition) is 5. The topological polar surface area (TPSA) is 93.3 Å². The summed E-state index contributed by atoms with van der Waals surface area (Å²) in [6.07, 6.45) is 0.308. The Labute approximate surface area is 185 Å². The van der Waals surface area contributed by atoms with E-state index in [4.69, 9.17) is 9.47 Å². The van der Waals surface area contributed by atoms with Gasteiger partial charge in [-0.3, -0.25) is 9.89 Å². The fraction of sp³-hybridized carbons (Fsp3) is 0.160. The number of rotatable bonds is 7. The van der Waals surface area contributed by atoms with E-state index in [9.17, 15) is 9.59 Å². The van der Waals surface area contributed by atoms with Crippen molar-refractivity contribution in [1.82, 2.24) is 15.5 Å². The van der Waals surface area contributed by atoms with Crippen LogP contribution in [0.2, 0.25) is 0 Å². The van der Waals surface area contributed by atoms with E-state index in [0.29, 0.717) is 12.1 Å². The molecule has 0 fully saturated rings. The third kappa shape index (κ3) is 4.62. The molecular formula is C25H23N3O4. The molecule has 1 amide bonds. The summed E-state index contributed by atoms with van der Waals surface area (Å²) in [4.78, 5) is 25.2. The van der Waals surface area contributed by atoms with Crippen LogP contribution in [-0.4, -0.2) is 42.3 Å². The average Bonchev–Trinajstić information content (AvgIpc) is 3.33. The van der Waals surface area contributed by atoms with Gasteiger partial charge in [-0.1, -0.05) is 42.5 Å². The summed E-state index contributed by atoms with van der Waals surface area (Å²) in [6, 6.07) is 22.1. The molecule has 0 saturated carbocycles. The van der Waals surface area contributed by atoms with E-state index >= 15 is 0 Å². The van der Waals surface area contributed by atoms with E-state index in [1.54, 1.807) is 13.2 Å². The second-order valence-corrected chi connectivity index (χ2v) is 7.33. The minimum absolute atomic E-state index is 0.253. The maximum atomic E-state index is 12.8. The molecule has 1 heterocycles. The Morgan fingerprint density at radius 2 is 1.72 bits per heavy atom. The van der Waals surface area contributed by atoms with Gasteiger partial charge in [0, 0.05) is 12.0 Å². The molecular weight excluding hydrogens is 406 g/mol. The lowest BCUT2D eigenvalue weighted by Gasteiger charge is -2.16. The standard InChI is InChI=1S/C25H23N3O4/c1-31-20-11-9-18(10-12-20)21-15-22(28-27-21)24(29)26-23(25(30)32-2)14-16-7-8-17-5-3-4-6-19(17)13-16/h3-13,15,23H,14H2,1-2H3,(H,26,29)(H,27,28). The van der Waals surface area contributed by atoms with Crippen molar-refractivity contribution < 1.29 is 19.1 Å². The molecule has 1 atom stereocenters. The summed E-state index contributed by atoms with van der Waals surface area (Å²) in [7, 11) is 2.90. The van der Waals surface area contributed by atoms with Crippen LogP contribution in [0.5, 0.6) is 5.75 Å². The summed E-state index contributed by atoms with van der Waals surface area (Å²) in [5.41, 5.74) is 2.62. The van der Waals surface area contributed by atoms with Crippen molar-refractivity contribution in [2.45, 2.75) is 12.5 Å². The van der Waals surface area contributed by atoms with E-state index in [1.807, 2.05) is 66.7 Å². The summed E-state index contributed by atoms with van der Waals surface area (Å²) in [5, 5.41) is 11.9. The van der Waals surface area contributed by atoms with Crippen molar-refractivity contribution in [1.29, 1.82) is 0 Å². The summed E-state index contributed by atoms with van der Waals surface area (Å²) in [5.74, 6) is -0.216. The third-order valence-corrected chi connectivity index (χ3v) is 5.25. The number of H-pyrrole nitrogens is 1. The predicted molar refractivity (Wildman–Crippen MR) is 121 cm³/mol. The van der Waals surface area contributed by atoms with E-state index in [-0.39, 0.29) is 5.69 Å². The van der Waals surface area contributed by atoms with Crippen LogP contribution in [-0.2, 0) is 16.0 Å². The fourth-order valence-electron chi connectivity index (χ4n) is 3.52. The smallest absolute Gasteiger partial charge is 0.328 e. The number of aromatic nitrogens is 2. The van der Waals surface area contributed by atoms with E-state index in [0.717, 1.165) is 27.6 Å². The van der Waals surface area contributed by atoms with Crippen LogP contribution >= 0.6 is 0 Å². The number of benzene rings is 3. The maximum Gasteiger partial charge on any atom is 0.328 e. The second kappa shape index (κ2) is 9.34. The molecule has 0 aliphatic heterocycles. The Morgan fingerprint density at radius 1 is 0.969 bits per heavy atom. The molecule has 0 saturated heterocycles. The number of carbonyl (C=O) groups excluding carboxylic acids is 2. The molecule has 4 aromatic rings. The molecule has 162 valence electrons. The summed E-state index contributed by atoms with van der Waals surface area (Å²) < 4.78 is 10.1. The van der Waals surface area contributed by atoms with Gasteiger partial charge in [-0.25, -0.2) is 4.79 Å². The number of methoxy groups -OCH3 is 2. The highest BCUT2D eigenvalue weighted by Gasteiger charge is 2.24. The van der Waals surface area contributed by atoms with Gasteiger partial charge in [0.25, 0.3) is 5.91 Å². The number of fused-ring (bicyclic) bond motifs is 1. The Morgan fingerprint density at radius 3 is 2.44 bits per heavy atom. The molecule has 2 N–H and O–H groups in total. The van der Waals surface area contributed by atoms with Crippen molar-refractivity contribution in [3.8, 4) is 17.0 Å². The molecule has 0 bridgehead atoms. The Balaban J connectivity index is 1.50. The number of nitrogens with one attached hydrogen (secondary N) is 2. The largest absolute Gasteiger partial charge is 0.497 e. The van der Waals surface area contributed by atoms with Crippen LogP contribution in [0.1, 0.15) is 16.1 Å². The maximum absolute atomic E-state index is 12.8. The van der Waals surface area contributed by atoms with Crippen LogP contribution in [0, 0.1) is 0 Å². The highest BCUT2D eigenvalue weighted by atomic mass is 16.5. The first kappa shape index (κ1) is 21.1. The predicted octanol–water partition coefficient (Wildman–Crippen LogP) is 3.75. The van der Waals surface area contributed by atoms with Gasteiger partial charge in [-0.15, -0.1) is 0 Å². The summed E-state index contributed by atoms with van der Waals surface area (Å²) in [6.45, 7) is 0. The van der Waals surface area contributed by atoms with Gasteiger partial charge in [0.05, 0.1) is 19.9 Å². The number of esters is 1. The monoisotopic (exact) mass is 429 g/mol. The van der Waals surface area contributed by atoms with Crippen LogP contribution in [0.4, 0.5) is 0 Å². The number of nitrogens with zero attached hydrogens (tertiary/aromatic N) is 1. The molecule has 7 heteroatoms. The SMILES string of the molecule is COC(=O)C(Cc1ccc2ccccc2c1)NC(=O)c1cc(-c2ccc(OC)cc2)n[nH]1. The minimum atomic E-state index is -0.832. The highest BCUT2D eigenvalue weighted by Crippen LogP contribution is 2.21. The molecule has 0 aliphatic carbocycles. The van der Waals surface area contributed by atoms with Gasteiger partial charge in [-0.2, -0.15) is 5.10 Å². The third-order valence-electron chi connectivity index (χ3n) is 5.25. The summed E-state index contributed by atoms with van der Waals surface area (Å²) >= 11 is 0. The number of ether oxygens (including phenoxy) is 2. The van der Waals surface area contributed by atoms with Gasteiger partial charge in [0.2, 0.25) is 0 Å². The number of hydrogen-bond donors (Lipinski definition) is 2. The van der Waals surface area contributed by atoms with Crippen LogP contribution < -0.4 is 10.1 Å². The van der Waals surface area contributed by atoms with Gasteiger partial charge in [-0.05, 0) is 46.7 Å². The molecule has 4 rings (SSSR count). The Kier molecular flexibility index (Phi) is 6.17. The average molecular weight is 429 g/mol. The minimum Gasteiger partial charge on any atom is -0.497 e. The lowest BCUT2D eigenvalue weighted by molar-refractivity contribution is -0.142. The van der Waals surface area contributed by atoms with Crippen LogP contribution in [0.15, 0.2) is 72.8 Å². The van der Waals surface area contributed by atoms with Crippen molar-refractivity contribution in [3.05, 3.63) is 84.1 Å². The first-order chi connectivity index (χ1) is 15.6. The Hall–Kier alpha value is -4.13. The van der Waals surface area contributed by atoms with Crippen molar-refractivity contribution in [3.63, 3.8) is 0 Å². The number of amides is 1. The van der Waals surface area contributed by atoms with Crippen molar-refractivity contribution in [2.24, 2.45) is 0 Å². The van der Waals surface area contributed by atoms with E-state index < -0.39 is 17.9 Å². The molecule has 1 unspecified atom stereocenters. The lowest BCUT2D eigenvalue weighted by atomic mass is 10.0. The van der Waals surface area contributed by atoms with Gasteiger partial charge in [0.1, 0.15) is 17.5 Å². The molecule has 32 heavy (non-hydrogen) atoms. The van der Waals surface area contributed by atoms with E-state index in [2.05, 4.69) is 15.5 Å². The van der Waals surface area contributed by atoms with E-state index in [1.165, 1.54) is 7.11 Å². The first-order valence-electron chi connectivity index (χ1n) is 10.1. The lowest BCUT2D eigenvalue weighted by Crippen LogP contribution is -2.43. The van der Waals surface area contributed by atoms with Gasteiger partial charge >= 0.3 is 5.97 Å². The molecule has 0 radical (unpaired) electrons. The van der Waals surface area contributed by atoms with Gasteiger partial charge < -0.3 is 14.8 Å². The number of aromatic amines is 1. The van der Waals surface area contributed by atoms with Crippen LogP contribution in [0.25, 0.3) is 22.0 Å². The highest BCUT2D eigenvalue weighted by molar-refractivity contribution is 5.96.